The maximum Gasteiger partial charge on any atom is 0.240 e. The number of hydrogen-bond acceptors (Lipinski definition) is 3. The Morgan fingerprint density at radius 1 is 1.07 bits per heavy atom. The molecule has 1 amide bonds. The molecule has 3 aromatic carbocycles. The lowest BCUT2D eigenvalue weighted by Crippen LogP contribution is -2.66. The minimum absolute atomic E-state index is 0.0898. The first-order valence-corrected chi connectivity index (χ1v) is 10.3. The summed E-state index contributed by atoms with van der Waals surface area (Å²) in [6.07, 6.45) is 0.874. The van der Waals surface area contributed by atoms with Gasteiger partial charge in [-0.3, -0.25) is 9.69 Å². The van der Waals surface area contributed by atoms with Gasteiger partial charge in [0, 0.05) is 19.6 Å². The second kappa shape index (κ2) is 8.26. The molecule has 1 atom stereocenters. The Hall–Kier alpha value is -2.85. The zero-order chi connectivity index (χ0) is 20.3. The maximum absolute atomic E-state index is 12.9. The summed E-state index contributed by atoms with van der Waals surface area (Å²) in [5.41, 5.74) is 1.91. The van der Waals surface area contributed by atoms with Gasteiger partial charge >= 0.3 is 0 Å². The minimum Gasteiger partial charge on any atom is -0.492 e. The van der Waals surface area contributed by atoms with Gasteiger partial charge in [0.1, 0.15) is 12.4 Å². The number of fused-ring (bicyclic) bond motifs is 1. The van der Waals surface area contributed by atoms with Crippen LogP contribution in [0.4, 0.5) is 0 Å². The number of nitrogens with zero attached hydrogens (tertiary/aromatic N) is 1. The van der Waals surface area contributed by atoms with Crippen LogP contribution in [0.15, 0.2) is 66.7 Å². The van der Waals surface area contributed by atoms with E-state index in [0.717, 1.165) is 30.8 Å². The lowest BCUT2D eigenvalue weighted by atomic mass is 9.85. The van der Waals surface area contributed by atoms with E-state index in [0.29, 0.717) is 13.2 Å². The molecule has 4 nitrogen and oxygen atoms in total. The molecular formula is C25H28N2O2. The number of nitrogens with one attached hydrogen (secondary N) is 1. The highest BCUT2D eigenvalue weighted by molar-refractivity contribution is 5.88. The summed E-state index contributed by atoms with van der Waals surface area (Å²) in [7, 11) is 0. The highest BCUT2D eigenvalue weighted by atomic mass is 16.5. The summed E-state index contributed by atoms with van der Waals surface area (Å²) < 4.78 is 5.84. The monoisotopic (exact) mass is 388 g/mol. The van der Waals surface area contributed by atoms with Crippen molar-refractivity contribution >= 4 is 16.7 Å². The Morgan fingerprint density at radius 3 is 2.59 bits per heavy atom. The SMILES string of the molecule is Cc1ccc(OCCN2CCC2(C)C(=O)NCc2cccc3ccccc23)cc1. The van der Waals surface area contributed by atoms with Crippen LogP contribution >= 0.6 is 0 Å². The third-order valence-electron chi connectivity index (χ3n) is 6.03. The Bertz CT molecular complexity index is 994. The molecule has 0 radical (unpaired) electrons. The fraction of sp³-hybridized carbons (Fsp3) is 0.320. The fourth-order valence-electron chi connectivity index (χ4n) is 3.94. The van der Waals surface area contributed by atoms with Crippen molar-refractivity contribution in [2.45, 2.75) is 32.4 Å². The summed E-state index contributed by atoms with van der Waals surface area (Å²) in [5, 5.41) is 5.55. The van der Waals surface area contributed by atoms with Crippen LogP contribution in [0.1, 0.15) is 24.5 Å². The van der Waals surface area contributed by atoms with Crippen LogP contribution in [0, 0.1) is 6.92 Å². The van der Waals surface area contributed by atoms with E-state index in [4.69, 9.17) is 4.74 Å². The van der Waals surface area contributed by atoms with Gasteiger partial charge in [-0.1, -0.05) is 60.2 Å². The lowest BCUT2D eigenvalue weighted by molar-refractivity contribution is -0.141. The molecular weight excluding hydrogens is 360 g/mol. The van der Waals surface area contributed by atoms with Crippen molar-refractivity contribution < 1.29 is 9.53 Å². The standard InChI is InChI=1S/C25H28N2O2/c1-19-10-12-22(13-11-19)29-17-16-27-15-14-25(27,2)24(28)26-18-21-8-5-7-20-6-3-4-9-23(20)21/h3-13H,14-18H2,1-2H3,(H,26,28). The highest BCUT2D eigenvalue weighted by Gasteiger charge is 2.46. The lowest BCUT2D eigenvalue weighted by Gasteiger charge is -2.49. The normalized spacial score (nSPS) is 19.0. The Labute approximate surface area is 172 Å². The Kier molecular flexibility index (Phi) is 5.54. The van der Waals surface area contributed by atoms with Crippen LogP contribution in [0.5, 0.6) is 5.75 Å². The van der Waals surface area contributed by atoms with Gasteiger partial charge in [-0.2, -0.15) is 0 Å². The molecule has 1 unspecified atom stereocenters. The van der Waals surface area contributed by atoms with E-state index in [9.17, 15) is 4.79 Å². The number of amides is 1. The summed E-state index contributed by atoms with van der Waals surface area (Å²) in [6, 6.07) is 22.6. The van der Waals surface area contributed by atoms with Crippen molar-refractivity contribution in [1.29, 1.82) is 0 Å². The molecule has 0 aromatic heterocycles. The molecule has 4 heteroatoms. The molecule has 0 bridgehead atoms. The number of likely N-dealkylation sites (tertiary alicyclic amines) is 1. The molecule has 1 fully saturated rings. The van der Waals surface area contributed by atoms with Crippen molar-refractivity contribution in [3.63, 3.8) is 0 Å². The second-order valence-corrected chi connectivity index (χ2v) is 7.99. The molecule has 1 saturated heterocycles. The number of aryl methyl sites for hydroxylation is 1. The first-order valence-electron chi connectivity index (χ1n) is 10.3. The van der Waals surface area contributed by atoms with Gasteiger partial charge in [-0.05, 0) is 48.7 Å². The largest absolute Gasteiger partial charge is 0.492 e. The van der Waals surface area contributed by atoms with Gasteiger partial charge in [0.15, 0.2) is 0 Å². The van der Waals surface area contributed by atoms with Crippen molar-refractivity contribution in [2.24, 2.45) is 0 Å². The number of carbonyl (C=O) groups excluding carboxylic acids is 1. The molecule has 3 aromatic rings. The second-order valence-electron chi connectivity index (χ2n) is 7.99. The van der Waals surface area contributed by atoms with Gasteiger partial charge in [0.25, 0.3) is 0 Å². The van der Waals surface area contributed by atoms with E-state index in [1.54, 1.807) is 0 Å². The van der Waals surface area contributed by atoms with Gasteiger partial charge in [-0.25, -0.2) is 0 Å². The smallest absolute Gasteiger partial charge is 0.240 e. The molecule has 4 rings (SSSR count). The summed E-state index contributed by atoms with van der Waals surface area (Å²) in [5.74, 6) is 0.963. The summed E-state index contributed by atoms with van der Waals surface area (Å²) in [4.78, 5) is 15.2. The third-order valence-corrected chi connectivity index (χ3v) is 6.03. The molecule has 1 heterocycles. The molecule has 1 aliphatic rings. The molecule has 1 aliphatic heterocycles. The van der Waals surface area contributed by atoms with Crippen molar-refractivity contribution in [3.8, 4) is 5.75 Å². The molecule has 150 valence electrons. The first kappa shape index (κ1) is 19.5. The number of carbonyl (C=O) groups is 1. The number of hydrogen-bond donors (Lipinski definition) is 1. The quantitative estimate of drug-likeness (QED) is 0.656. The Morgan fingerprint density at radius 2 is 1.83 bits per heavy atom. The summed E-state index contributed by atoms with van der Waals surface area (Å²) >= 11 is 0. The van der Waals surface area contributed by atoms with Gasteiger partial charge in [0.2, 0.25) is 5.91 Å². The van der Waals surface area contributed by atoms with Crippen LogP contribution < -0.4 is 10.1 Å². The molecule has 0 aliphatic carbocycles. The average molecular weight is 389 g/mol. The van der Waals surface area contributed by atoms with Gasteiger partial charge < -0.3 is 10.1 Å². The topological polar surface area (TPSA) is 41.6 Å². The fourth-order valence-corrected chi connectivity index (χ4v) is 3.94. The maximum atomic E-state index is 12.9. The zero-order valence-electron chi connectivity index (χ0n) is 17.2. The van der Waals surface area contributed by atoms with E-state index in [1.807, 2.05) is 49.4 Å². The van der Waals surface area contributed by atoms with Gasteiger partial charge in [0.05, 0.1) is 5.54 Å². The third kappa shape index (κ3) is 4.13. The van der Waals surface area contributed by atoms with Crippen LogP contribution in [-0.4, -0.2) is 36.0 Å². The highest BCUT2D eigenvalue weighted by Crippen LogP contribution is 2.30. The van der Waals surface area contributed by atoms with Gasteiger partial charge in [-0.15, -0.1) is 0 Å². The van der Waals surface area contributed by atoms with E-state index >= 15 is 0 Å². The molecule has 1 N–H and O–H groups in total. The van der Waals surface area contributed by atoms with Crippen LogP contribution in [-0.2, 0) is 11.3 Å². The molecule has 0 saturated carbocycles. The molecule has 0 spiro atoms. The van der Waals surface area contributed by atoms with Crippen molar-refractivity contribution in [1.82, 2.24) is 10.2 Å². The molecule has 29 heavy (non-hydrogen) atoms. The minimum atomic E-state index is -0.457. The van der Waals surface area contributed by atoms with E-state index in [-0.39, 0.29) is 5.91 Å². The predicted molar refractivity (Wildman–Crippen MR) is 117 cm³/mol. The first-order chi connectivity index (χ1) is 14.1. The number of ether oxygens (including phenoxy) is 1. The van der Waals surface area contributed by atoms with Crippen LogP contribution in [0.3, 0.4) is 0 Å². The predicted octanol–water partition coefficient (Wildman–Crippen LogP) is 4.31. The van der Waals surface area contributed by atoms with Crippen LogP contribution in [0.2, 0.25) is 0 Å². The average Bonchev–Trinajstić information content (AvgIpc) is 2.74. The van der Waals surface area contributed by atoms with E-state index < -0.39 is 5.54 Å². The zero-order valence-corrected chi connectivity index (χ0v) is 17.2. The van der Waals surface area contributed by atoms with Crippen molar-refractivity contribution in [2.75, 3.05) is 19.7 Å². The van der Waals surface area contributed by atoms with Crippen LogP contribution in [0.25, 0.3) is 10.8 Å². The van der Waals surface area contributed by atoms with Crippen molar-refractivity contribution in [3.05, 3.63) is 77.9 Å². The number of rotatable bonds is 7. The summed E-state index contributed by atoms with van der Waals surface area (Å²) in [6.45, 7) is 6.88. The van der Waals surface area contributed by atoms with E-state index in [1.165, 1.54) is 16.3 Å². The Balaban J connectivity index is 1.32. The van der Waals surface area contributed by atoms with E-state index in [2.05, 4.69) is 41.4 Å². The number of benzene rings is 3.